The predicted molar refractivity (Wildman–Crippen MR) is 125 cm³/mol. The Morgan fingerprint density at radius 2 is 1.74 bits per heavy atom. The fraction of sp³-hybridized carbons (Fsp3) is 0.280. The Kier molecular flexibility index (Phi) is 8.93. The summed E-state index contributed by atoms with van der Waals surface area (Å²) in [5, 5.41) is 16.1. The van der Waals surface area contributed by atoms with Crippen LogP contribution in [0, 0.1) is 0 Å². The number of benzene rings is 2. The predicted octanol–water partition coefficient (Wildman–Crippen LogP) is 2.11. The van der Waals surface area contributed by atoms with Crippen LogP contribution in [0.1, 0.15) is 17.7 Å². The summed E-state index contributed by atoms with van der Waals surface area (Å²) in [6, 6.07) is 19.4. The van der Waals surface area contributed by atoms with Crippen molar-refractivity contribution in [2.45, 2.75) is 31.6 Å². The van der Waals surface area contributed by atoms with Crippen LogP contribution in [-0.2, 0) is 32.1 Å². The van der Waals surface area contributed by atoms with Gasteiger partial charge in [-0.15, -0.1) is 0 Å². The average Bonchev–Trinajstić information content (AvgIpc) is 2.85. The minimum absolute atomic E-state index is 0.0902. The van der Waals surface area contributed by atoms with Gasteiger partial charge in [-0.2, -0.15) is 0 Å². The molecule has 0 aliphatic carbocycles. The Morgan fingerprint density at radius 1 is 1.00 bits per heavy atom. The number of esters is 1. The lowest BCUT2D eigenvalue weighted by molar-refractivity contribution is -0.145. The zero-order valence-electron chi connectivity index (χ0n) is 18.8. The molecule has 1 heterocycles. The number of fused-ring (bicyclic) bond motifs is 1. The molecule has 0 saturated heterocycles. The second-order valence-corrected chi connectivity index (χ2v) is 7.64. The van der Waals surface area contributed by atoms with E-state index in [0.29, 0.717) is 5.69 Å². The quantitative estimate of drug-likeness (QED) is 0.392. The lowest BCUT2D eigenvalue weighted by Gasteiger charge is -2.18. The molecule has 0 aliphatic heterocycles. The highest BCUT2D eigenvalue weighted by molar-refractivity contribution is 5.85. The minimum Gasteiger partial charge on any atom is -0.467 e. The second-order valence-electron chi connectivity index (χ2n) is 7.64. The number of aliphatic hydroxyl groups excluding tert-OH is 1. The summed E-state index contributed by atoms with van der Waals surface area (Å²) in [6.45, 7) is -0.0942. The van der Waals surface area contributed by atoms with Crippen molar-refractivity contribution in [3.8, 4) is 0 Å². The Hall–Kier alpha value is -3.98. The number of nitrogens with one attached hydrogen (secondary N) is 2. The number of amides is 2. The first-order valence-electron chi connectivity index (χ1n) is 10.8. The molecule has 0 fully saturated rings. The Bertz CT molecular complexity index is 1120. The average molecular weight is 466 g/mol. The number of carbonyl (C=O) groups is 3. The molecule has 0 aliphatic rings. The minimum atomic E-state index is -1.17. The number of nitrogens with zero attached hydrogens (tertiary/aromatic N) is 1. The number of hydrogen-bond donors (Lipinski definition) is 3. The Labute approximate surface area is 197 Å². The van der Waals surface area contributed by atoms with Gasteiger partial charge in [-0.25, -0.2) is 9.59 Å². The maximum Gasteiger partial charge on any atom is 0.407 e. The van der Waals surface area contributed by atoms with Gasteiger partial charge in [-0.3, -0.25) is 9.78 Å². The number of ether oxygens (including phenoxy) is 2. The summed E-state index contributed by atoms with van der Waals surface area (Å²) in [4.78, 5) is 40.9. The summed E-state index contributed by atoms with van der Waals surface area (Å²) >= 11 is 0. The molecule has 2 aromatic carbocycles. The number of alkyl carbamates (subject to hydrolysis) is 1. The van der Waals surface area contributed by atoms with Gasteiger partial charge < -0.3 is 25.2 Å². The fourth-order valence-corrected chi connectivity index (χ4v) is 3.28. The van der Waals surface area contributed by atoms with Crippen LogP contribution in [0.3, 0.4) is 0 Å². The highest BCUT2D eigenvalue weighted by Crippen LogP contribution is 2.13. The summed E-state index contributed by atoms with van der Waals surface area (Å²) in [7, 11) is 1.23. The van der Waals surface area contributed by atoms with Crippen LogP contribution in [0.5, 0.6) is 0 Å². The van der Waals surface area contributed by atoms with Crippen molar-refractivity contribution in [2.75, 3.05) is 13.7 Å². The number of aliphatic hydroxyl groups is 1. The van der Waals surface area contributed by atoms with Gasteiger partial charge in [-0.05, 0) is 17.7 Å². The van der Waals surface area contributed by atoms with Crippen molar-refractivity contribution in [1.82, 2.24) is 15.6 Å². The van der Waals surface area contributed by atoms with E-state index in [1.54, 1.807) is 6.07 Å². The first kappa shape index (κ1) is 24.7. The molecule has 178 valence electrons. The number of hydrogen-bond acceptors (Lipinski definition) is 7. The highest BCUT2D eigenvalue weighted by Gasteiger charge is 2.24. The van der Waals surface area contributed by atoms with E-state index in [1.807, 2.05) is 60.7 Å². The van der Waals surface area contributed by atoms with Crippen molar-refractivity contribution in [3.63, 3.8) is 0 Å². The SMILES string of the molecule is COC(=O)[C@@H](Cc1ccc2ccccc2n1)NC(=O)C[C@H](O)CNC(=O)OCc1ccccc1. The normalized spacial score (nSPS) is 12.4. The molecule has 3 rings (SSSR count). The van der Waals surface area contributed by atoms with E-state index < -0.39 is 30.1 Å². The van der Waals surface area contributed by atoms with Crippen LogP contribution >= 0.6 is 0 Å². The van der Waals surface area contributed by atoms with Crippen molar-refractivity contribution in [1.29, 1.82) is 0 Å². The molecule has 9 nitrogen and oxygen atoms in total. The fourth-order valence-electron chi connectivity index (χ4n) is 3.28. The smallest absolute Gasteiger partial charge is 0.407 e. The van der Waals surface area contributed by atoms with Gasteiger partial charge in [0.15, 0.2) is 0 Å². The van der Waals surface area contributed by atoms with Crippen molar-refractivity contribution < 1.29 is 29.0 Å². The van der Waals surface area contributed by atoms with Crippen LogP contribution in [0.25, 0.3) is 10.9 Å². The van der Waals surface area contributed by atoms with Crippen molar-refractivity contribution in [2.24, 2.45) is 0 Å². The lowest BCUT2D eigenvalue weighted by atomic mass is 10.1. The van der Waals surface area contributed by atoms with E-state index >= 15 is 0 Å². The molecule has 0 radical (unpaired) electrons. The molecule has 34 heavy (non-hydrogen) atoms. The summed E-state index contributed by atoms with van der Waals surface area (Å²) < 4.78 is 9.86. The van der Waals surface area contributed by atoms with Gasteiger partial charge in [0.1, 0.15) is 12.6 Å². The van der Waals surface area contributed by atoms with Gasteiger partial charge in [0.2, 0.25) is 5.91 Å². The summed E-state index contributed by atoms with van der Waals surface area (Å²) in [6.07, 6.45) is -2.07. The maximum absolute atomic E-state index is 12.4. The molecule has 3 aromatic rings. The zero-order valence-corrected chi connectivity index (χ0v) is 18.8. The van der Waals surface area contributed by atoms with Crippen LogP contribution < -0.4 is 10.6 Å². The molecule has 0 unspecified atom stereocenters. The zero-order chi connectivity index (χ0) is 24.3. The van der Waals surface area contributed by atoms with E-state index in [0.717, 1.165) is 16.5 Å². The standard InChI is InChI=1S/C25H27N3O6/c1-33-24(31)22(13-19-12-11-18-9-5-6-10-21(18)27-19)28-23(30)14-20(29)15-26-25(32)34-16-17-7-3-2-4-8-17/h2-12,20,22,29H,13-16H2,1H3,(H,26,32)(H,28,30)/t20-,22+/m0/s1. The highest BCUT2D eigenvalue weighted by atomic mass is 16.5. The molecule has 0 spiro atoms. The Balaban J connectivity index is 1.47. The first-order chi connectivity index (χ1) is 16.4. The number of para-hydroxylation sites is 1. The van der Waals surface area contributed by atoms with E-state index in [9.17, 15) is 19.5 Å². The third kappa shape index (κ3) is 7.56. The number of carbonyl (C=O) groups excluding carboxylic acids is 3. The van der Waals surface area contributed by atoms with E-state index in [1.165, 1.54) is 7.11 Å². The van der Waals surface area contributed by atoms with Crippen LogP contribution in [0.4, 0.5) is 4.79 Å². The van der Waals surface area contributed by atoms with Crippen molar-refractivity contribution >= 4 is 28.9 Å². The van der Waals surface area contributed by atoms with Crippen LogP contribution in [0.2, 0.25) is 0 Å². The van der Waals surface area contributed by atoms with E-state index in [4.69, 9.17) is 9.47 Å². The topological polar surface area (TPSA) is 127 Å². The van der Waals surface area contributed by atoms with E-state index in [2.05, 4.69) is 15.6 Å². The third-order valence-corrected chi connectivity index (χ3v) is 5.01. The second kappa shape index (κ2) is 12.3. The number of rotatable bonds is 10. The van der Waals surface area contributed by atoms with Crippen LogP contribution in [0.15, 0.2) is 66.7 Å². The van der Waals surface area contributed by atoms with Gasteiger partial charge in [-0.1, -0.05) is 54.6 Å². The molecule has 0 saturated carbocycles. The maximum atomic E-state index is 12.4. The third-order valence-electron chi connectivity index (χ3n) is 5.01. The van der Waals surface area contributed by atoms with Gasteiger partial charge in [0.25, 0.3) is 0 Å². The first-order valence-corrected chi connectivity index (χ1v) is 10.8. The molecular weight excluding hydrogens is 438 g/mol. The molecule has 0 bridgehead atoms. The molecule has 1 aromatic heterocycles. The number of pyridine rings is 1. The largest absolute Gasteiger partial charge is 0.467 e. The summed E-state index contributed by atoms with van der Waals surface area (Å²) in [5.74, 6) is -1.19. The number of aromatic nitrogens is 1. The lowest BCUT2D eigenvalue weighted by Crippen LogP contribution is -2.45. The number of methoxy groups -OCH3 is 1. The summed E-state index contributed by atoms with van der Waals surface area (Å²) in [5.41, 5.74) is 2.21. The van der Waals surface area contributed by atoms with Crippen LogP contribution in [-0.4, -0.2) is 53.9 Å². The van der Waals surface area contributed by atoms with Gasteiger partial charge >= 0.3 is 12.1 Å². The molecule has 2 atom stereocenters. The Morgan fingerprint density at radius 3 is 2.50 bits per heavy atom. The molecular formula is C25H27N3O6. The monoisotopic (exact) mass is 465 g/mol. The molecule has 3 N–H and O–H groups in total. The van der Waals surface area contributed by atoms with E-state index in [-0.39, 0.29) is 26.0 Å². The van der Waals surface area contributed by atoms with Crippen molar-refractivity contribution in [3.05, 3.63) is 78.0 Å². The van der Waals surface area contributed by atoms with Gasteiger partial charge in [0.05, 0.1) is 25.2 Å². The van der Waals surface area contributed by atoms with Gasteiger partial charge in [0, 0.05) is 24.0 Å². The molecule has 9 heteroatoms. The molecule has 2 amide bonds.